The molecule has 14 rings (SSSR count). The summed E-state index contributed by atoms with van der Waals surface area (Å²) in [4.78, 5) is 4.78. The normalized spacial score (nSPS) is 13.7. The number of fused-ring (bicyclic) bond motifs is 9. The van der Waals surface area contributed by atoms with Gasteiger partial charge >= 0.3 is 0 Å². The minimum absolute atomic E-state index is 0.192. The van der Waals surface area contributed by atoms with Crippen molar-refractivity contribution in [2.45, 2.75) is 38.5 Å². The van der Waals surface area contributed by atoms with Gasteiger partial charge in [0.15, 0.2) is 0 Å². The molecular formula is C76H58N2. The first-order chi connectivity index (χ1) is 38.2. The molecule has 0 radical (unpaired) electrons. The lowest BCUT2D eigenvalue weighted by molar-refractivity contribution is 0.660. The van der Waals surface area contributed by atoms with Crippen molar-refractivity contribution in [3.63, 3.8) is 0 Å². The molecular weight excluding hydrogens is 941 g/mol. The van der Waals surface area contributed by atoms with Crippen molar-refractivity contribution in [2.75, 3.05) is 9.80 Å². The van der Waals surface area contributed by atoms with Gasteiger partial charge in [0, 0.05) is 45.0 Å². The first-order valence-electron chi connectivity index (χ1n) is 27.3. The van der Waals surface area contributed by atoms with E-state index < -0.39 is 0 Å². The fourth-order valence-electron chi connectivity index (χ4n) is 12.7. The highest BCUT2D eigenvalue weighted by Gasteiger charge is 2.38. The molecule has 12 aromatic rings. The summed E-state index contributed by atoms with van der Waals surface area (Å²) in [6, 6.07) is 93.7. The summed E-state index contributed by atoms with van der Waals surface area (Å²) in [6.07, 6.45) is 9.15. The molecule has 0 fully saturated rings. The SMILES string of the molecule is CC1(C)c2cc(C=Cc3ccc(C=Cc4ccc5c(c4)C(C)(C)c4cc(N(c6ccccc6)c6ccc7ccccc7c6)ccc4-5)c4ccccc34)ccc2-c2ccc(N(c3ccccc3)c3ccc4ccccc4c3)cc21. The molecule has 0 atom stereocenters. The molecule has 0 heterocycles. The highest BCUT2D eigenvalue weighted by atomic mass is 15.1. The largest absolute Gasteiger partial charge is 0.310 e. The second kappa shape index (κ2) is 18.7. The average Bonchev–Trinajstić information content (AvgIpc) is 4.08. The number of para-hydroxylation sites is 2. The topological polar surface area (TPSA) is 6.48 Å². The van der Waals surface area contributed by atoms with Crippen molar-refractivity contribution in [1.29, 1.82) is 0 Å². The number of hydrogen-bond donors (Lipinski definition) is 0. The minimum Gasteiger partial charge on any atom is -0.310 e. The summed E-state index contributed by atoms with van der Waals surface area (Å²) in [6.45, 7) is 9.51. The Bertz CT molecular complexity index is 4100. The molecule has 12 aromatic carbocycles. The molecule has 2 aliphatic rings. The molecule has 78 heavy (non-hydrogen) atoms. The van der Waals surface area contributed by atoms with Crippen molar-refractivity contribution in [3.05, 3.63) is 299 Å². The Morgan fingerprint density at radius 3 is 1.01 bits per heavy atom. The molecule has 0 aromatic heterocycles. The fourth-order valence-corrected chi connectivity index (χ4v) is 12.7. The Hall–Kier alpha value is -9.50. The van der Waals surface area contributed by atoms with Crippen LogP contribution in [0.2, 0.25) is 0 Å². The molecule has 0 bridgehead atoms. The number of benzene rings is 12. The first kappa shape index (κ1) is 47.0. The third-order valence-corrected chi connectivity index (χ3v) is 16.8. The van der Waals surface area contributed by atoms with Crippen LogP contribution in [0.5, 0.6) is 0 Å². The lowest BCUT2D eigenvalue weighted by Gasteiger charge is -2.28. The summed E-state index contributed by atoms with van der Waals surface area (Å²) in [5.74, 6) is 0. The van der Waals surface area contributed by atoms with Gasteiger partial charge in [0.05, 0.1) is 0 Å². The smallest absolute Gasteiger partial charge is 0.0468 e. The van der Waals surface area contributed by atoms with Gasteiger partial charge in [0.25, 0.3) is 0 Å². The number of nitrogens with zero attached hydrogens (tertiary/aromatic N) is 2. The van der Waals surface area contributed by atoms with Crippen molar-refractivity contribution in [2.24, 2.45) is 0 Å². The summed E-state index contributed by atoms with van der Waals surface area (Å²) in [5, 5.41) is 7.42. The van der Waals surface area contributed by atoms with E-state index in [0.717, 1.165) is 34.1 Å². The Kier molecular flexibility index (Phi) is 11.2. The zero-order chi connectivity index (χ0) is 52.5. The Morgan fingerprint density at radius 1 is 0.256 bits per heavy atom. The molecule has 0 amide bonds. The van der Waals surface area contributed by atoms with Gasteiger partial charge in [-0.05, 0) is 172 Å². The van der Waals surface area contributed by atoms with Gasteiger partial charge in [-0.2, -0.15) is 0 Å². The third-order valence-electron chi connectivity index (χ3n) is 16.8. The predicted molar refractivity (Wildman–Crippen MR) is 334 cm³/mol. The average molecular weight is 999 g/mol. The molecule has 2 aliphatic carbocycles. The van der Waals surface area contributed by atoms with Gasteiger partial charge in [-0.25, -0.2) is 0 Å². The maximum atomic E-state index is 2.42. The second-order valence-corrected chi connectivity index (χ2v) is 22.2. The van der Waals surface area contributed by atoms with Crippen LogP contribution in [-0.4, -0.2) is 0 Å². The van der Waals surface area contributed by atoms with Crippen molar-refractivity contribution < 1.29 is 0 Å². The van der Waals surface area contributed by atoms with E-state index in [1.807, 2.05) is 0 Å². The van der Waals surface area contributed by atoms with E-state index in [1.54, 1.807) is 0 Å². The van der Waals surface area contributed by atoms with Crippen LogP contribution >= 0.6 is 0 Å². The second-order valence-electron chi connectivity index (χ2n) is 22.2. The Balaban J connectivity index is 0.728. The van der Waals surface area contributed by atoms with E-state index in [9.17, 15) is 0 Å². The van der Waals surface area contributed by atoms with Crippen LogP contribution < -0.4 is 9.80 Å². The predicted octanol–water partition coefficient (Wildman–Crippen LogP) is 21.0. The van der Waals surface area contributed by atoms with E-state index in [-0.39, 0.29) is 10.8 Å². The first-order valence-corrected chi connectivity index (χ1v) is 27.3. The lowest BCUT2D eigenvalue weighted by Crippen LogP contribution is -2.16. The van der Waals surface area contributed by atoms with Crippen molar-refractivity contribution in [1.82, 2.24) is 0 Å². The van der Waals surface area contributed by atoms with Gasteiger partial charge in [0.2, 0.25) is 0 Å². The van der Waals surface area contributed by atoms with E-state index >= 15 is 0 Å². The highest BCUT2D eigenvalue weighted by molar-refractivity contribution is 6.00. The molecule has 2 nitrogen and oxygen atoms in total. The molecule has 0 saturated heterocycles. The van der Waals surface area contributed by atoms with Crippen LogP contribution in [0.4, 0.5) is 34.1 Å². The van der Waals surface area contributed by atoms with Crippen LogP contribution in [0.25, 0.3) is 78.9 Å². The van der Waals surface area contributed by atoms with Crippen LogP contribution in [0, 0.1) is 0 Å². The fraction of sp³-hybridized carbons (Fsp3) is 0.0789. The van der Waals surface area contributed by atoms with E-state index in [2.05, 4.69) is 317 Å². The summed E-state index contributed by atoms with van der Waals surface area (Å²) in [5.41, 5.74) is 21.9. The zero-order valence-corrected chi connectivity index (χ0v) is 44.5. The van der Waals surface area contributed by atoms with Crippen LogP contribution in [0.3, 0.4) is 0 Å². The molecule has 0 saturated carbocycles. The maximum absolute atomic E-state index is 2.42. The van der Waals surface area contributed by atoms with Gasteiger partial charge < -0.3 is 9.80 Å². The number of rotatable bonds is 10. The quantitative estimate of drug-likeness (QED) is 0.126. The lowest BCUT2D eigenvalue weighted by atomic mass is 9.81. The van der Waals surface area contributed by atoms with E-state index in [1.165, 1.54) is 99.1 Å². The standard InChI is InChI=1S/C76H58N2/c1-75(2)71-45-51(29-41-67(71)69-43-39-63(49-73(69)75)77(59-21-7-5-8-22-59)61-37-35-53-17-11-13-19-57(53)47-61)27-31-55-33-34-56(66-26-16-15-25-65(55)66)32-28-52-30-42-68-70-44-40-64(50-74(70)76(3,4)72(68)46-52)78(60-23-9-6-10-24-60)62-38-36-54-18-12-14-20-58(54)48-62/h5-50H,1-4H3. The van der Waals surface area contributed by atoms with Gasteiger partial charge in [-0.1, -0.05) is 234 Å². The van der Waals surface area contributed by atoms with Crippen molar-refractivity contribution in [3.8, 4) is 22.3 Å². The molecule has 0 aliphatic heterocycles. The minimum atomic E-state index is -0.192. The highest BCUT2D eigenvalue weighted by Crippen LogP contribution is 2.53. The Labute approximate surface area is 458 Å². The molecule has 2 heteroatoms. The van der Waals surface area contributed by atoms with Crippen LogP contribution in [0.1, 0.15) is 72.2 Å². The molecule has 0 spiro atoms. The number of hydrogen-bond acceptors (Lipinski definition) is 2. The van der Waals surface area contributed by atoms with E-state index in [0.29, 0.717) is 0 Å². The maximum Gasteiger partial charge on any atom is 0.0468 e. The summed E-state index contributed by atoms with van der Waals surface area (Å²) >= 11 is 0. The Morgan fingerprint density at radius 2 is 0.590 bits per heavy atom. The molecule has 372 valence electrons. The summed E-state index contributed by atoms with van der Waals surface area (Å²) < 4.78 is 0. The van der Waals surface area contributed by atoms with Crippen LogP contribution in [0.15, 0.2) is 255 Å². The van der Waals surface area contributed by atoms with Gasteiger partial charge in [0.1, 0.15) is 0 Å². The van der Waals surface area contributed by atoms with Crippen LogP contribution in [-0.2, 0) is 10.8 Å². The molecule has 0 unspecified atom stereocenters. The summed E-state index contributed by atoms with van der Waals surface area (Å²) in [7, 11) is 0. The van der Waals surface area contributed by atoms with Gasteiger partial charge in [-0.15, -0.1) is 0 Å². The monoisotopic (exact) mass is 998 g/mol. The third kappa shape index (κ3) is 8.03. The molecule has 0 N–H and O–H groups in total. The van der Waals surface area contributed by atoms with E-state index in [4.69, 9.17) is 0 Å². The zero-order valence-electron chi connectivity index (χ0n) is 44.5. The van der Waals surface area contributed by atoms with Crippen molar-refractivity contribution >= 4 is 90.7 Å². The number of anilines is 6. The van der Waals surface area contributed by atoms with Gasteiger partial charge in [-0.3, -0.25) is 0 Å².